The number of unbranched alkanes of at least 4 members (excludes halogenated alkanes) is 63. The molecule has 0 saturated carbocycles. The number of hydrogen-bond acceptors (Lipinski definition) is 5. The summed E-state index contributed by atoms with van der Waals surface area (Å²) in [4.78, 5) is 24.6. The number of rotatable bonds is 78. The standard InChI is InChI=1S/C83H161NO5/c1-3-5-7-9-11-13-15-17-19-20-42-46-49-53-57-61-65-69-73-77-83(88)89-78-74-70-66-62-58-54-50-47-44-41-39-37-35-33-31-29-27-25-23-21-22-24-26-28-30-32-34-36-38-40-43-45-48-52-56-60-64-68-72-76-82(87)84-80(79-85)81(86)75-71-67-63-59-55-51-18-16-14-12-10-8-6-4-2/h21-22,25,27,80-81,85-86H,3-20,23-24,26,28-79H2,1-2H3,(H,84,87)/b22-21-,27-25-. The largest absolute Gasteiger partial charge is 0.466 e. The maximum Gasteiger partial charge on any atom is 0.305 e. The van der Waals surface area contributed by atoms with Gasteiger partial charge in [-0.05, 0) is 57.8 Å². The minimum atomic E-state index is -0.661. The molecule has 1 amide bonds. The number of carbonyl (C=O) groups is 2. The Kier molecular flexibility index (Phi) is 77.3. The summed E-state index contributed by atoms with van der Waals surface area (Å²) >= 11 is 0. The fraction of sp³-hybridized carbons (Fsp3) is 0.928. The molecular weight excluding hydrogens is 1090 g/mol. The molecule has 0 aromatic rings. The first kappa shape index (κ1) is 87.3. The summed E-state index contributed by atoms with van der Waals surface area (Å²) in [5, 5.41) is 23.3. The fourth-order valence-corrected chi connectivity index (χ4v) is 13.3. The Hall–Kier alpha value is -1.66. The summed E-state index contributed by atoms with van der Waals surface area (Å²) in [7, 11) is 0. The number of hydrogen-bond donors (Lipinski definition) is 3. The number of nitrogens with one attached hydrogen (secondary N) is 1. The van der Waals surface area contributed by atoms with Crippen LogP contribution in [0, 0.1) is 0 Å². The molecule has 0 fully saturated rings. The summed E-state index contributed by atoms with van der Waals surface area (Å²) < 4.78 is 5.52. The van der Waals surface area contributed by atoms with E-state index in [9.17, 15) is 19.8 Å². The zero-order valence-electron chi connectivity index (χ0n) is 60.7. The van der Waals surface area contributed by atoms with Gasteiger partial charge in [0.05, 0.1) is 25.4 Å². The van der Waals surface area contributed by atoms with Crippen molar-refractivity contribution in [3.63, 3.8) is 0 Å². The van der Waals surface area contributed by atoms with E-state index >= 15 is 0 Å². The molecule has 6 nitrogen and oxygen atoms in total. The molecule has 0 bridgehead atoms. The van der Waals surface area contributed by atoms with Crippen molar-refractivity contribution in [3.05, 3.63) is 24.3 Å². The van der Waals surface area contributed by atoms with Gasteiger partial charge in [0.2, 0.25) is 5.91 Å². The molecule has 3 N–H and O–H groups in total. The quantitative estimate of drug-likeness (QED) is 0.0320. The van der Waals surface area contributed by atoms with Gasteiger partial charge in [-0.15, -0.1) is 0 Å². The molecule has 0 rings (SSSR count). The van der Waals surface area contributed by atoms with Gasteiger partial charge in [0.25, 0.3) is 0 Å². The maximum absolute atomic E-state index is 12.5. The number of aliphatic hydroxyl groups is 2. The van der Waals surface area contributed by atoms with Crippen LogP contribution in [0.3, 0.4) is 0 Å². The summed E-state index contributed by atoms with van der Waals surface area (Å²) in [6.45, 7) is 5.01. The highest BCUT2D eigenvalue weighted by molar-refractivity contribution is 5.76. The van der Waals surface area contributed by atoms with Crippen LogP contribution in [0.15, 0.2) is 24.3 Å². The second-order valence-electron chi connectivity index (χ2n) is 28.5. The summed E-state index contributed by atoms with van der Waals surface area (Å²) in [6, 6.07) is -0.538. The van der Waals surface area contributed by atoms with E-state index in [4.69, 9.17) is 4.74 Å². The highest BCUT2D eigenvalue weighted by Gasteiger charge is 2.20. The fourth-order valence-electron chi connectivity index (χ4n) is 13.3. The third kappa shape index (κ3) is 75.3. The van der Waals surface area contributed by atoms with Crippen LogP contribution >= 0.6 is 0 Å². The lowest BCUT2D eigenvalue weighted by Crippen LogP contribution is -2.45. The van der Waals surface area contributed by atoms with Gasteiger partial charge in [0.15, 0.2) is 0 Å². The van der Waals surface area contributed by atoms with E-state index in [0.717, 1.165) is 44.9 Å². The Morgan fingerprint density at radius 1 is 0.315 bits per heavy atom. The van der Waals surface area contributed by atoms with Gasteiger partial charge >= 0.3 is 5.97 Å². The molecule has 0 spiro atoms. The third-order valence-corrected chi connectivity index (χ3v) is 19.5. The Morgan fingerprint density at radius 2 is 0.562 bits per heavy atom. The smallest absolute Gasteiger partial charge is 0.305 e. The Balaban J connectivity index is 3.32. The number of esters is 1. The van der Waals surface area contributed by atoms with Crippen molar-refractivity contribution in [2.24, 2.45) is 0 Å². The number of amides is 1. The number of allylic oxidation sites excluding steroid dienone is 4. The van der Waals surface area contributed by atoms with Gasteiger partial charge < -0.3 is 20.3 Å². The normalized spacial score (nSPS) is 12.5. The molecule has 89 heavy (non-hydrogen) atoms. The van der Waals surface area contributed by atoms with Crippen LogP contribution in [0.1, 0.15) is 470 Å². The maximum atomic E-state index is 12.5. The number of carbonyl (C=O) groups excluding carboxylic acids is 2. The van der Waals surface area contributed by atoms with Crippen LogP contribution in [0.2, 0.25) is 0 Å². The van der Waals surface area contributed by atoms with Gasteiger partial charge in [0.1, 0.15) is 0 Å². The van der Waals surface area contributed by atoms with E-state index in [0.29, 0.717) is 25.9 Å². The Labute approximate surface area is 558 Å². The minimum absolute atomic E-state index is 0.0262. The van der Waals surface area contributed by atoms with Gasteiger partial charge in [-0.1, -0.05) is 423 Å². The van der Waals surface area contributed by atoms with E-state index in [1.807, 2.05) is 0 Å². The lowest BCUT2D eigenvalue weighted by molar-refractivity contribution is -0.143. The molecule has 0 saturated heterocycles. The molecule has 0 aromatic carbocycles. The molecule has 0 aromatic heterocycles. The van der Waals surface area contributed by atoms with Crippen molar-refractivity contribution in [1.29, 1.82) is 0 Å². The zero-order valence-corrected chi connectivity index (χ0v) is 60.7. The minimum Gasteiger partial charge on any atom is -0.466 e. The molecule has 2 atom stereocenters. The topological polar surface area (TPSA) is 95.9 Å². The predicted octanol–water partition coefficient (Wildman–Crippen LogP) is 27.2. The SMILES string of the molecule is CCCCCCCCCCCCCCCCCCCCCC(=O)OCCCCCCCCCCCCCCCCC/C=C\C/C=C\CCCCCCCCCCCCCCCCCCCC(=O)NC(CO)C(O)CCCCCCCCCCCCCCCC. The van der Waals surface area contributed by atoms with E-state index in [1.165, 1.54) is 392 Å². The first-order valence-corrected chi connectivity index (χ1v) is 41.1. The molecule has 0 aliphatic carbocycles. The second-order valence-corrected chi connectivity index (χ2v) is 28.5. The van der Waals surface area contributed by atoms with Crippen molar-refractivity contribution in [2.45, 2.75) is 482 Å². The van der Waals surface area contributed by atoms with Gasteiger partial charge in [-0.3, -0.25) is 9.59 Å². The first-order chi connectivity index (χ1) is 44.0. The summed E-state index contributed by atoms with van der Waals surface area (Å²) in [6.07, 6.45) is 102. The molecular formula is C83H161NO5. The van der Waals surface area contributed by atoms with Gasteiger partial charge in [-0.25, -0.2) is 0 Å². The highest BCUT2D eigenvalue weighted by Crippen LogP contribution is 2.20. The molecule has 528 valence electrons. The average Bonchev–Trinajstić information content (AvgIpc) is 3.68. The average molecular weight is 1250 g/mol. The molecule has 0 radical (unpaired) electrons. The van der Waals surface area contributed by atoms with Crippen LogP contribution in [0.25, 0.3) is 0 Å². The monoisotopic (exact) mass is 1250 g/mol. The van der Waals surface area contributed by atoms with Gasteiger partial charge in [-0.2, -0.15) is 0 Å². The van der Waals surface area contributed by atoms with Crippen molar-refractivity contribution in [1.82, 2.24) is 5.32 Å². The van der Waals surface area contributed by atoms with Crippen LogP contribution < -0.4 is 5.32 Å². The van der Waals surface area contributed by atoms with Crippen LogP contribution in [0.5, 0.6) is 0 Å². The van der Waals surface area contributed by atoms with Crippen molar-refractivity contribution < 1.29 is 24.5 Å². The summed E-state index contributed by atoms with van der Waals surface area (Å²) in [5.74, 6) is -0.00250. The van der Waals surface area contributed by atoms with Gasteiger partial charge in [0, 0.05) is 12.8 Å². The molecule has 0 aliphatic heterocycles. The van der Waals surface area contributed by atoms with E-state index in [-0.39, 0.29) is 18.5 Å². The highest BCUT2D eigenvalue weighted by atomic mass is 16.5. The summed E-state index contributed by atoms with van der Waals surface area (Å²) in [5.41, 5.74) is 0. The Morgan fingerprint density at radius 3 is 0.854 bits per heavy atom. The zero-order chi connectivity index (χ0) is 64.2. The van der Waals surface area contributed by atoms with Crippen molar-refractivity contribution in [3.8, 4) is 0 Å². The van der Waals surface area contributed by atoms with Crippen molar-refractivity contribution in [2.75, 3.05) is 13.2 Å². The molecule has 6 heteroatoms. The molecule has 0 heterocycles. The van der Waals surface area contributed by atoms with E-state index in [1.54, 1.807) is 0 Å². The predicted molar refractivity (Wildman–Crippen MR) is 393 cm³/mol. The number of aliphatic hydroxyl groups excluding tert-OH is 2. The van der Waals surface area contributed by atoms with Crippen LogP contribution in [-0.4, -0.2) is 47.4 Å². The van der Waals surface area contributed by atoms with E-state index in [2.05, 4.69) is 43.5 Å². The lowest BCUT2D eigenvalue weighted by Gasteiger charge is -2.22. The van der Waals surface area contributed by atoms with Crippen molar-refractivity contribution >= 4 is 11.9 Å². The number of ether oxygens (including phenoxy) is 1. The van der Waals surface area contributed by atoms with Crippen LogP contribution in [0.4, 0.5) is 0 Å². The van der Waals surface area contributed by atoms with E-state index < -0.39 is 12.1 Å². The Bertz CT molecular complexity index is 1400. The lowest BCUT2D eigenvalue weighted by atomic mass is 10.0. The first-order valence-electron chi connectivity index (χ1n) is 41.1. The van der Waals surface area contributed by atoms with Crippen LogP contribution in [-0.2, 0) is 14.3 Å². The third-order valence-electron chi connectivity index (χ3n) is 19.5. The second kappa shape index (κ2) is 78.8. The molecule has 0 aliphatic rings. The molecule has 2 unspecified atom stereocenters.